The van der Waals surface area contributed by atoms with Crippen molar-refractivity contribution >= 4 is 23.5 Å². The zero-order valence-corrected chi connectivity index (χ0v) is 15.1. The number of amides is 2. The minimum Gasteiger partial charge on any atom is -0.327 e. The molecule has 0 fully saturated rings. The van der Waals surface area contributed by atoms with E-state index in [0.29, 0.717) is 6.42 Å². The van der Waals surface area contributed by atoms with E-state index in [0.717, 1.165) is 34.4 Å². The second-order valence-corrected chi connectivity index (χ2v) is 6.80. The van der Waals surface area contributed by atoms with Gasteiger partial charge in [0, 0.05) is 30.0 Å². The first-order valence-electron chi connectivity index (χ1n) is 8.92. The minimum atomic E-state index is -0.462. The summed E-state index contributed by atoms with van der Waals surface area (Å²) in [7, 11) is 0. The van der Waals surface area contributed by atoms with Gasteiger partial charge in [-0.15, -0.1) is 0 Å². The molecule has 1 aliphatic heterocycles. The first-order chi connectivity index (χ1) is 13.9. The second kappa shape index (κ2) is 7.19. The molecule has 2 aliphatic rings. The highest BCUT2D eigenvalue weighted by Crippen LogP contribution is 2.40. The maximum Gasteiger partial charge on any atom is 0.319 e. The SMILES string of the molecule is O=C1NC2=C(CC/C2=C\c2ccc([N+](=O)[O-])cc2)C(c2ccc([N+](=O)[O-])cc2)N1. The van der Waals surface area contributed by atoms with Crippen LogP contribution in [0.1, 0.15) is 30.0 Å². The van der Waals surface area contributed by atoms with E-state index in [9.17, 15) is 25.0 Å². The average molecular weight is 392 g/mol. The summed E-state index contributed by atoms with van der Waals surface area (Å²) >= 11 is 0. The molecule has 1 atom stereocenters. The van der Waals surface area contributed by atoms with Crippen LogP contribution in [0.5, 0.6) is 0 Å². The van der Waals surface area contributed by atoms with E-state index >= 15 is 0 Å². The highest BCUT2D eigenvalue weighted by Gasteiger charge is 2.33. The molecule has 0 radical (unpaired) electrons. The Morgan fingerprint density at radius 3 is 2.07 bits per heavy atom. The number of hydrogen-bond donors (Lipinski definition) is 2. The van der Waals surface area contributed by atoms with Crippen molar-refractivity contribution in [2.45, 2.75) is 18.9 Å². The van der Waals surface area contributed by atoms with E-state index in [2.05, 4.69) is 10.6 Å². The Bertz CT molecular complexity index is 1070. The number of benzene rings is 2. The first-order valence-corrected chi connectivity index (χ1v) is 8.92. The number of nitro groups is 2. The molecule has 1 unspecified atom stereocenters. The molecule has 0 bridgehead atoms. The predicted octanol–water partition coefficient (Wildman–Crippen LogP) is 3.99. The molecule has 9 nitrogen and oxygen atoms in total. The summed E-state index contributed by atoms with van der Waals surface area (Å²) in [5.41, 5.74) is 4.28. The number of nitrogens with zero attached hydrogens (tertiary/aromatic N) is 2. The van der Waals surface area contributed by atoms with Crippen LogP contribution >= 0.6 is 0 Å². The lowest BCUT2D eigenvalue weighted by atomic mass is 9.96. The molecular weight excluding hydrogens is 376 g/mol. The number of carbonyl (C=O) groups is 1. The first kappa shape index (κ1) is 18.4. The van der Waals surface area contributed by atoms with E-state index in [1.54, 1.807) is 24.3 Å². The van der Waals surface area contributed by atoms with Gasteiger partial charge in [-0.25, -0.2) is 4.79 Å². The van der Waals surface area contributed by atoms with Crippen LogP contribution < -0.4 is 10.6 Å². The van der Waals surface area contributed by atoms with Crippen LogP contribution in [-0.2, 0) is 0 Å². The molecule has 29 heavy (non-hydrogen) atoms. The van der Waals surface area contributed by atoms with Crippen molar-refractivity contribution < 1.29 is 14.6 Å². The summed E-state index contributed by atoms with van der Waals surface area (Å²) < 4.78 is 0. The van der Waals surface area contributed by atoms with E-state index in [1.165, 1.54) is 24.3 Å². The highest BCUT2D eigenvalue weighted by atomic mass is 16.6. The van der Waals surface area contributed by atoms with Gasteiger partial charge in [-0.1, -0.05) is 0 Å². The van der Waals surface area contributed by atoms with Crippen LogP contribution in [0, 0.1) is 20.2 Å². The number of urea groups is 1. The van der Waals surface area contributed by atoms with Crippen molar-refractivity contribution in [3.05, 3.63) is 96.7 Å². The Balaban J connectivity index is 1.66. The van der Waals surface area contributed by atoms with Crippen molar-refractivity contribution in [2.75, 3.05) is 0 Å². The third-order valence-corrected chi connectivity index (χ3v) is 5.05. The van der Waals surface area contributed by atoms with E-state index < -0.39 is 9.85 Å². The molecule has 146 valence electrons. The molecule has 2 aromatic carbocycles. The molecule has 0 aromatic heterocycles. The number of nitrogens with one attached hydrogen (secondary N) is 2. The molecule has 9 heteroatoms. The lowest BCUT2D eigenvalue weighted by Gasteiger charge is -2.27. The average Bonchev–Trinajstić information content (AvgIpc) is 3.10. The van der Waals surface area contributed by atoms with Crippen LogP contribution in [0.4, 0.5) is 16.2 Å². The maximum absolute atomic E-state index is 12.2. The van der Waals surface area contributed by atoms with Gasteiger partial charge in [0.15, 0.2) is 0 Å². The molecule has 0 saturated heterocycles. The zero-order valence-electron chi connectivity index (χ0n) is 15.1. The molecule has 1 aliphatic carbocycles. The van der Waals surface area contributed by atoms with Crippen LogP contribution in [-0.4, -0.2) is 15.9 Å². The van der Waals surface area contributed by atoms with Crippen LogP contribution in [0.25, 0.3) is 6.08 Å². The van der Waals surface area contributed by atoms with Crippen LogP contribution in [0.2, 0.25) is 0 Å². The van der Waals surface area contributed by atoms with Gasteiger partial charge in [0.25, 0.3) is 11.4 Å². The van der Waals surface area contributed by atoms with Gasteiger partial charge in [0.1, 0.15) is 0 Å². The fourth-order valence-corrected chi connectivity index (χ4v) is 3.65. The molecule has 0 saturated carbocycles. The summed E-state index contributed by atoms with van der Waals surface area (Å²) in [6, 6.07) is 11.7. The van der Waals surface area contributed by atoms with Crippen molar-refractivity contribution in [3.63, 3.8) is 0 Å². The number of nitro benzene ring substituents is 2. The second-order valence-electron chi connectivity index (χ2n) is 6.80. The minimum absolute atomic E-state index is 0.00612. The van der Waals surface area contributed by atoms with Gasteiger partial charge in [-0.3, -0.25) is 20.2 Å². The quantitative estimate of drug-likeness (QED) is 0.601. The molecule has 2 aromatic rings. The monoisotopic (exact) mass is 392 g/mol. The Hall–Kier alpha value is -4.01. The third-order valence-electron chi connectivity index (χ3n) is 5.05. The Kier molecular flexibility index (Phi) is 4.55. The van der Waals surface area contributed by atoms with Gasteiger partial charge < -0.3 is 10.6 Å². The summed E-state index contributed by atoms with van der Waals surface area (Å²) in [4.78, 5) is 33.0. The number of carbonyl (C=O) groups excluding carboxylic acids is 1. The molecule has 0 spiro atoms. The van der Waals surface area contributed by atoms with Crippen molar-refractivity contribution in [3.8, 4) is 0 Å². The molecule has 4 rings (SSSR count). The van der Waals surface area contributed by atoms with Crippen LogP contribution in [0.3, 0.4) is 0 Å². The van der Waals surface area contributed by atoms with Crippen molar-refractivity contribution in [1.29, 1.82) is 0 Å². The molecule has 2 N–H and O–H groups in total. The fraction of sp³-hybridized carbons (Fsp3) is 0.150. The van der Waals surface area contributed by atoms with E-state index in [-0.39, 0.29) is 23.4 Å². The molecule has 2 amide bonds. The largest absolute Gasteiger partial charge is 0.327 e. The number of rotatable bonds is 4. The normalized spacial score (nSPS) is 19.5. The smallest absolute Gasteiger partial charge is 0.319 e. The van der Waals surface area contributed by atoms with Gasteiger partial charge in [0.2, 0.25) is 0 Å². The Labute approximate surface area is 165 Å². The van der Waals surface area contributed by atoms with E-state index in [1.807, 2.05) is 6.08 Å². The maximum atomic E-state index is 12.2. The standard InChI is InChI=1S/C20H16N4O5/c25-20-21-18(13-3-8-16(9-4-13)24(28)29)17-10-5-14(19(17)22-20)11-12-1-6-15(7-2-12)23(26)27/h1-4,6-9,11,18H,5,10H2,(H2,21,22,25)/b14-11+. The molecular formula is C20H16N4O5. The van der Waals surface area contributed by atoms with Gasteiger partial charge in [0.05, 0.1) is 15.9 Å². The summed E-state index contributed by atoms with van der Waals surface area (Å²) in [6.45, 7) is 0. The van der Waals surface area contributed by atoms with Gasteiger partial charge in [-0.2, -0.15) is 0 Å². The Morgan fingerprint density at radius 2 is 1.48 bits per heavy atom. The zero-order chi connectivity index (χ0) is 20.5. The number of non-ortho nitro benzene ring substituents is 2. The predicted molar refractivity (Wildman–Crippen MR) is 105 cm³/mol. The van der Waals surface area contributed by atoms with E-state index in [4.69, 9.17) is 0 Å². The van der Waals surface area contributed by atoms with Crippen LogP contribution in [0.15, 0.2) is 65.4 Å². The lowest BCUT2D eigenvalue weighted by Crippen LogP contribution is -2.43. The van der Waals surface area contributed by atoms with Crippen molar-refractivity contribution in [1.82, 2.24) is 10.6 Å². The van der Waals surface area contributed by atoms with Gasteiger partial charge >= 0.3 is 6.03 Å². The third kappa shape index (κ3) is 3.57. The molecule has 1 heterocycles. The topological polar surface area (TPSA) is 127 Å². The summed E-state index contributed by atoms with van der Waals surface area (Å²) in [6.07, 6.45) is 3.35. The summed E-state index contributed by atoms with van der Waals surface area (Å²) in [5, 5.41) is 27.4. The lowest BCUT2D eigenvalue weighted by molar-refractivity contribution is -0.385. The van der Waals surface area contributed by atoms with Gasteiger partial charge in [-0.05, 0) is 65.5 Å². The summed E-state index contributed by atoms with van der Waals surface area (Å²) in [5.74, 6) is 0. The number of allylic oxidation sites excluding steroid dienone is 1. The van der Waals surface area contributed by atoms with Crippen molar-refractivity contribution in [2.24, 2.45) is 0 Å². The Morgan fingerprint density at radius 1 is 0.897 bits per heavy atom. The highest BCUT2D eigenvalue weighted by molar-refractivity contribution is 5.82. The number of hydrogen-bond acceptors (Lipinski definition) is 5. The fourth-order valence-electron chi connectivity index (χ4n) is 3.65.